The fourth-order valence-corrected chi connectivity index (χ4v) is 1.46. The number of amides is 1. The monoisotopic (exact) mass is 271 g/mol. The molecule has 8 heteroatoms. The Morgan fingerprint density at radius 3 is 2.60 bits per heavy atom. The summed E-state index contributed by atoms with van der Waals surface area (Å²) in [7, 11) is 0. The Hall–Kier alpha value is -0.650. The van der Waals surface area contributed by atoms with E-state index in [9.17, 15) is 9.59 Å². The van der Waals surface area contributed by atoms with Gasteiger partial charge in [0.05, 0.1) is 13.0 Å². The first-order valence-electron chi connectivity index (χ1n) is 3.91. The van der Waals surface area contributed by atoms with Crippen molar-refractivity contribution in [2.75, 3.05) is 0 Å². The number of imidazole rings is 1. The van der Waals surface area contributed by atoms with E-state index in [1.807, 2.05) is 0 Å². The standard InChI is InChI=1S/C7H8Cl3N3O2/c8-7(9,10)3-13-2-4(1-5(11)14)12-6(13)15/h2H,1,3H2,(H2,11,14)(H,12,15). The van der Waals surface area contributed by atoms with Gasteiger partial charge in [-0.25, -0.2) is 4.79 Å². The van der Waals surface area contributed by atoms with Crippen LogP contribution >= 0.6 is 34.8 Å². The summed E-state index contributed by atoms with van der Waals surface area (Å²) in [4.78, 5) is 24.3. The van der Waals surface area contributed by atoms with E-state index in [0.717, 1.165) is 0 Å². The lowest BCUT2D eigenvalue weighted by molar-refractivity contribution is -0.117. The number of alkyl halides is 3. The van der Waals surface area contributed by atoms with Gasteiger partial charge in [-0.05, 0) is 0 Å². The molecule has 0 spiro atoms. The first-order chi connectivity index (χ1) is 6.78. The lowest BCUT2D eigenvalue weighted by Crippen LogP contribution is -2.23. The van der Waals surface area contributed by atoms with Gasteiger partial charge in [-0.15, -0.1) is 0 Å². The maximum absolute atomic E-state index is 11.3. The molecule has 3 N–H and O–H groups in total. The van der Waals surface area contributed by atoms with Crippen molar-refractivity contribution in [2.24, 2.45) is 5.73 Å². The number of H-pyrrole nitrogens is 1. The summed E-state index contributed by atoms with van der Waals surface area (Å²) < 4.78 is -0.388. The number of nitrogens with two attached hydrogens (primary N) is 1. The number of aromatic nitrogens is 2. The second-order valence-corrected chi connectivity index (χ2v) is 5.49. The molecule has 0 fully saturated rings. The quantitative estimate of drug-likeness (QED) is 0.789. The Morgan fingerprint density at radius 1 is 1.53 bits per heavy atom. The number of nitrogens with zero attached hydrogens (tertiary/aromatic N) is 1. The molecule has 1 aromatic heterocycles. The summed E-state index contributed by atoms with van der Waals surface area (Å²) in [5.41, 5.74) is 4.91. The van der Waals surface area contributed by atoms with Crippen molar-refractivity contribution >= 4 is 40.7 Å². The first-order valence-corrected chi connectivity index (χ1v) is 5.05. The Morgan fingerprint density at radius 2 is 2.13 bits per heavy atom. The summed E-state index contributed by atoms with van der Waals surface area (Å²) in [5, 5.41) is 0. The molecule has 0 saturated heterocycles. The van der Waals surface area contributed by atoms with E-state index in [2.05, 4.69) is 4.98 Å². The second kappa shape index (κ2) is 4.47. The normalized spacial score (nSPS) is 11.7. The van der Waals surface area contributed by atoms with E-state index in [-0.39, 0.29) is 13.0 Å². The molecule has 1 amide bonds. The number of carbonyl (C=O) groups excluding carboxylic acids is 1. The highest BCUT2D eigenvalue weighted by Gasteiger charge is 2.21. The third kappa shape index (κ3) is 4.15. The van der Waals surface area contributed by atoms with Gasteiger partial charge in [0.2, 0.25) is 9.70 Å². The molecule has 0 saturated carbocycles. The van der Waals surface area contributed by atoms with Crippen molar-refractivity contribution in [3.63, 3.8) is 0 Å². The predicted molar refractivity (Wildman–Crippen MR) is 58.2 cm³/mol. The van der Waals surface area contributed by atoms with Gasteiger partial charge in [0.15, 0.2) is 0 Å². The first kappa shape index (κ1) is 12.4. The van der Waals surface area contributed by atoms with Gasteiger partial charge in [-0.1, -0.05) is 34.8 Å². The third-order valence-electron chi connectivity index (χ3n) is 1.55. The molecule has 0 bridgehead atoms. The highest BCUT2D eigenvalue weighted by Crippen LogP contribution is 2.27. The van der Waals surface area contributed by atoms with Crippen molar-refractivity contribution in [1.82, 2.24) is 9.55 Å². The minimum Gasteiger partial charge on any atom is -0.369 e. The van der Waals surface area contributed by atoms with Crippen molar-refractivity contribution in [3.05, 3.63) is 22.4 Å². The smallest absolute Gasteiger partial charge is 0.325 e. The highest BCUT2D eigenvalue weighted by atomic mass is 35.6. The molecular weight excluding hydrogens is 264 g/mol. The van der Waals surface area contributed by atoms with Crippen molar-refractivity contribution in [1.29, 1.82) is 0 Å². The molecule has 0 radical (unpaired) electrons. The van der Waals surface area contributed by atoms with Crippen LogP contribution in [-0.4, -0.2) is 19.3 Å². The molecule has 0 aliphatic heterocycles. The molecular formula is C7H8Cl3N3O2. The number of primary amides is 1. The average molecular weight is 273 g/mol. The van der Waals surface area contributed by atoms with E-state index < -0.39 is 15.4 Å². The zero-order chi connectivity index (χ0) is 11.6. The molecule has 0 aromatic carbocycles. The zero-order valence-electron chi connectivity index (χ0n) is 7.47. The van der Waals surface area contributed by atoms with Crippen LogP contribution in [0, 0.1) is 0 Å². The van der Waals surface area contributed by atoms with E-state index in [1.165, 1.54) is 10.8 Å². The third-order valence-corrected chi connectivity index (χ3v) is 1.91. The van der Waals surface area contributed by atoms with Gasteiger partial charge in [0.1, 0.15) is 0 Å². The van der Waals surface area contributed by atoms with E-state index in [0.29, 0.717) is 5.69 Å². The number of rotatable bonds is 3. The lowest BCUT2D eigenvalue weighted by atomic mass is 10.3. The van der Waals surface area contributed by atoms with Gasteiger partial charge in [-0.2, -0.15) is 0 Å². The minimum atomic E-state index is -1.56. The molecule has 1 rings (SSSR count). The summed E-state index contributed by atoms with van der Waals surface area (Å²) >= 11 is 16.6. The van der Waals surface area contributed by atoms with Crippen LogP contribution in [0.25, 0.3) is 0 Å². The molecule has 0 aliphatic carbocycles. The predicted octanol–water partition coefficient (Wildman–Crippen LogP) is 0.574. The van der Waals surface area contributed by atoms with Gasteiger partial charge in [-0.3, -0.25) is 9.36 Å². The fraction of sp³-hybridized carbons (Fsp3) is 0.429. The van der Waals surface area contributed by atoms with Gasteiger partial charge < -0.3 is 10.7 Å². The largest absolute Gasteiger partial charge is 0.369 e. The molecule has 0 unspecified atom stereocenters. The molecule has 0 atom stereocenters. The van der Waals surface area contributed by atoms with Crippen LogP contribution in [0.5, 0.6) is 0 Å². The molecule has 1 aromatic rings. The summed E-state index contributed by atoms with van der Waals surface area (Å²) in [5.74, 6) is -0.544. The van der Waals surface area contributed by atoms with Crippen molar-refractivity contribution < 1.29 is 4.79 Å². The topological polar surface area (TPSA) is 80.9 Å². The van der Waals surface area contributed by atoms with Crippen LogP contribution in [0.1, 0.15) is 5.69 Å². The number of nitrogens with one attached hydrogen (secondary N) is 1. The Bertz CT molecular complexity index is 418. The van der Waals surface area contributed by atoms with E-state index >= 15 is 0 Å². The Kier molecular flexibility index (Phi) is 3.70. The van der Waals surface area contributed by atoms with Gasteiger partial charge >= 0.3 is 5.69 Å². The summed E-state index contributed by atoms with van der Waals surface area (Å²) in [6.45, 7) is -0.0915. The summed E-state index contributed by atoms with van der Waals surface area (Å²) in [6, 6.07) is 0. The number of hydrogen-bond donors (Lipinski definition) is 2. The van der Waals surface area contributed by atoms with Crippen LogP contribution in [0.15, 0.2) is 11.0 Å². The highest BCUT2D eigenvalue weighted by molar-refractivity contribution is 6.67. The van der Waals surface area contributed by atoms with Crippen LogP contribution in [0.4, 0.5) is 0 Å². The number of aromatic amines is 1. The van der Waals surface area contributed by atoms with Gasteiger partial charge in [0, 0.05) is 11.9 Å². The zero-order valence-corrected chi connectivity index (χ0v) is 9.73. The second-order valence-electron chi connectivity index (χ2n) is 2.97. The maximum Gasteiger partial charge on any atom is 0.325 e. The molecule has 1 heterocycles. The Balaban J connectivity index is 2.87. The Labute approximate surface area is 100 Å². The number of hydrogen-bond acceptors (Lipinski definition) is 2. The molecule has 5 nitrogen and oxygen atoms in total. The van der Waals surface area contributed by atoms with Crippen molar-refractivity contribution in [2.45, 2.75) is 16.8 Å². The summed E-state index contributed by atoms with van der Waals surface area (Å²) in [6.07, 6.45) is 1.34. The van der Waals surface area contributed by atoms with Crippen LogP contribution in [0.2, 0.25) is 0 Å². The minimum absolute atomic E-state index is 0.0535. The van der Waals surface area contributed by atoms with Crippen LogP contribution in [-0.2, 0) is 17.8 Å². The number of halogens is 3. The maximum atomic E-state index is 11.3. The molecule has 84 valence electrons. The molecule has 15 heavy (non-hydrogen) atoms. The molecule has 0 aliphatic rings. The van der Waals surface area contributed by atoms with Crippen molar-refractivity contribution in [3.8, 4) is 0 Å². The van der Waals surface area contributed by atoms with E-state index in [1.54, 1.807) is 0 Å². The van der Waals surface area contributed by atoms with Gasteiger partial charge in [0.25, 0.3) is 0 Å². The number of carbonyl (C=O) groups is 1. The average Bonchev–Trinajstić information content (AvgIpc) is 2.26. The SMILES string of the molecule is NC(=O)Cc1cn(CC(Cl)(Cl)Cl)c(=O)[nH]1. The lowest BCUT2D eigenvalue weighted by Gasteiger charge is -2.09. The van der Waals surface area contributed by atoms with E-state index in [4.69, 9.17) is 40.5 Å². The van der Waals surface area contributed by atoms with Crippen LogP contribution in [0.3, 0.4) is 0 Å². The van der Waals surface area contributed by atoms with Crippen LogP contribution < -0.4 is 11.4 Å². The fourth-order valence-electron chi connectivity index (χ4n) is 1.08.